The Morgan fingerprint density at radius 1 is 1.44 bits per heavy atom. The molecule has 1 amide bonds. The highest BCUT2D eigenvalue weighted by molar-refractivity contribution is 6.02. The largest absolute Gasteiger partial charge is 0.480 e. The number of nitrogens with one attached hydrogen (secondary N) is 1. The number of benzene rings is 1. The van der Waals surface area contributed by atoms with Gasteiger partial charge in [-0.3, -0.25) is 9.59 Å². The lowest BCUT2D eigenvalue weighted by Crippen LogP contribution is -2.38. The van der Waals surface area contributed by atoms with Crippen LogP contribution in [0.4, 0.5) is 5.69 Å². The van der Waals surface area contributed by atoms with Crippen molar-refractivity contribution in [3.8, 4) is 0 Å². The van der Waals surface area contributed by atoms with Gasteiger partial charge >= 0.3 is 5.97 Å². The standard InChI is InChI=1S/C11H14N2O3/c1-6-4-3-5-8(12)9(6)10(14)13-7(2)11(15)16/h3-5,7H,12H2,1-2H3,(H,13,14)(H,15,16)/t7-/m1/s1. The second-order valence-electron chi connectivity index (χ2n) is 3.57. The summed E-state index contributed by atoms with van der Waals surface area (Å²) in [6, 6.07) is 4.15. The summed E-state index contributed by atoms with van der Waals surface area (Å²) in [5.74, 6) is -1.55. The van der Waals surface area contributed by atoms with Crippen LogP contribution in [-0.2, 0) is 4.79 Å². The van der Waals surface area contributed by atoms with Crippen LogP contribution in [0.2, 0.25) is 0 Å². The van der Waals surface area contributed by atoms with Crippen molar-refractivity contribution in [2.45, 2.75) is 19.9 Å². The van der Waals surface area contributed by atoms with E-state index < -0.39 is 17.9 Å². The van der Waals surface area contributed by atoms with Crippen LogP contribution in [0.3, 0.4) is 0 Å². The van der Waals surface area contributed by atoms with Gasteiger partial charge in [-0.05, 0) is 25.5 Å². The third kappa shape index (κ3) is 2.50. The predicted octanol–water partition coefficient (Wildman–Crippen LogP) is 0.780. The second kappa shape index (κ2) is 4.65. The normalized spacial score (nSPS) is 11.9. The number of aryl methyl sites for hydroxylation is 1. The summed E-state index contributed by atoms with van der Waals surface area (Å²) in [4.78, 5) is 22.3. The number of amides is 1. The molecule has 0 radical (unpaired) electrons. The number of nitrogens with two attached hydrogens (primary N) is 1. The Morgan fingerprint density at radius 2 is 2.06 bits per heavy atom. The van der Waals surface area contributed by atoms with Crippen molar-refractivity contribution < 1.29 is 14.7 Å². The van der Waals surface area contributed by atoms with Crippen molar-refractivity contribution in [1.82, 2.24) is 5.32 Å². The zero-order chi connectivity index (χ0) is 12.3. The molecule has 16 heavy (non-hydrogen) atoms. The second-order valence-corrected chi connectivity index (χ2v) is 3.57. The molecule has 0 spiro atoms. The number of anilines is 1. The van der Waals surface area contributed by atoms with E-state index in [2.05, 4.69) is 5.32 Å². The first-order valence-corrected chi connectivity index (χ1v) is 4.82. The van der Waals surface area contributed by atoms with E-state index in [1.807, 2.05) is 0 Å². The van der Waals surface area contributed by atoms with Gasteiger partial charge < -0.3 is 16.2 Å². The minimum Gasteiger partial charge on any atom is -0.480 e. The predicted molar refractivity (Wildman–Crippen MR) is 60.2 cm³/mol. The van der Waals surface area contributed by atoms with Gasteiger partial charge in [0.25, 0.3) is 5.91 Å². The maximum absolute atomic E-state index is 11.7. The van der Waals surface area contributed by atoms with Gasteiger partial charge in [0.2, 0.25) is 0 Å². The molecule has 0 saturated carbocycles. The van der Waals surface area contributed by atoms with Crippen LogP contribution in [0, 0.1) is 6.92 Å². The molecule has 0 aliphatic heterocycles. The molecule has 0 aromatic heterocycles. The molecule has 4 N–H and O–H groups in total. The molecule has 0 fully saturated rings. The Hall–Kier alpha value is -2.04. The monoisotopic (exact) mass is 222 g/mol. The van der Waals surface area contributed by atoms with E-state index in [0.717, 1.165) is 5.56 Å². The van der Waals surface area contributed by atoms with Crippen LogP contribution < -0.4 is 11.1 Å². The zero-order valence-electron chi connectivity index (χ0n) is 9.15. The van der Waals surface area contributed by atoms with Crippen LogP contribution in [0.1, 0.15) is 22.8 Å². The molecule has 0 saturated heterocycles. The molecule has 1 aromatic carbocycles. The van der Waals surface area contributed by atoms with Crippen molar-refractivity contribution in [3.05, 3.63) is 29.3 Å². The lowest BCUT2D eigenvalue weighted by atomic mass is 10.1. The molecular formula is C11H14N2O3. The summed E-state index contributed by atoms with van der Waals surface area (Å²) in [7, 11) is 0. The van der Waals surface area contributed by atoms with Gasteiger partial charge in [-0.25, -0.2) is 0 Å². The van der Waals surface area contributed by atoms with Crippen LogP contribution >= 0.6 is 0 Å². The average molecular weight is 222 g/mol. The molecule has 1 rings (SSSR count). The number of carboxylic acid groups (broad SMARTS) is 1. The number of aliphatic carboxylic acids is 1. The van der Waals surface area contributed by atoms with E-state index in [1.165, 1.54) is 6.92 Å². The molecule has 0 aliphatic rings. The summed E-state index contributed by atoms with van der Waals surface area (Å²) in [5, 5.41) is 11.0. The Kier molecular flexibility index (Phi) is 3.50. The summed E-state index contributed by atoms with van der Waals surface area (Å²) in [5.41, 5.74) is 7.06. The molecule has 0 aliphatic carbocycles. The summed E-state index contributed by atoms with van der Waals surface area (Å²) >= 11 is 0. The van der Waals surface area contributed by atoms with Crippen LogP contribution in [0.5, 0.6) is 0 Å². The fraction of sp³-hybridized carbons (Fsp3) is 0.273. The van der Waals surface area contributed by atoms with Gasteiger partial charge in [0.15, 0.2) is 0 Å². The Balaban J connectivity index is 2.93. The smallest absolute Gasteiger partial charge is 0.325 e. The zero-order valence-corrected chi connectivity index (χ0v) is 9.15. The average Bonchev–Trinajstić information content (AvgIpc) is 2.16. The molecule has 0 unspecified atom stereocenters. The number of nitrogen functional groups attached to an aromatic ring is 1. The fourth-order valence-corrected chi connectivity index (χ4v) is 1.33. The molecule has 0 heterocycles. The third-order valence-electron chi connectivity index (χ3n) is 2.25. The van der Waals surface area contributed by atoms with Gasteiger partial charge in [0.05, 0.1) is 5.56 Å². The lowest BCUT2D eigenvalue weighted by molar-refractivity contribution is -0.138. The van der Waals surface area contributed by atoms with E-state index in [-0.39, 0.29) is 0 Å². The van der Waals surface area contributed by atoms with Crippen LogP contribution in [0.15, 0.2) is 18.2 Å². The van der Waals surface area contributed by atoms with E-state index in [4.69, 9.17) is 10.8 Å². The van der Waals surface area contributed by atoms with E-state index in [1.54, 1.807) is 25.1 Å². The van der Waals surface area contributed by atoms with Crippen molar-refractivity contribution in [1.29, 1.82) is 0 Å². The molecule has 5 heteroatoms. The number of hydrogen-bond donors (Lipinski definition) is 3. The van der Waals surface area contributed by atoms with E-state index in [0.29, 0.717) is 11.3 Å². The molecule has 1 aromatic rings. The maximum atomic E-state index is 11.7. The maximum Gasteiger partial charge on any atom is 0.325 e. The number of carbonyl (C=O) groups excluding carboxylic acids is 1. The summed E-state index contributed by atoms with van der Waals surface area (Å²) < 4.78 is 0. The highest BCUT2D eigenvalue weighted by Gasteiger charge is 2.18. The Labute approximate surface area is 93.3 Å². The SMILES string of the molecule is Cc1cccc(N)c1C(=O)N[C@H](C)C(=O)O. The minimum atomic E-state index is -1.08. The summed E-state index contributed by atoms with van der Waals surface area (Å²) in [6.07, 6.45) is 0. The highest BCUT2D eigenvalue weighted by Crippen LogP contribution is 2.15. The Morgan fingerprint density at radius 3 is 2.56 bits per heavy atom. The fourth-order valence-electron chi connectivity index (χ4n) is 1.33. The van der Waals surface area contributed by atoms with Crippen molar-refractivity contribution in [3.63, 3.8) is 0 Å². The van der Waals surface area contributed by atoms with Gasteiger partial charge in [0.1, 0.15) is 6.04 Å². The van der Waals surface area contributed by atoms with Crippen LogP contribution in [0.25, 0.3) is 0 Å². The third-order valence-corrected chi connectivity index (χ3v) is 2.25. The molecule has 1 atom stereocenters. The van der Waals surface area contributed by atoms with Gasteiger partial charge in [-0.2, -0.15) is 0 Å². The molecule has 5 nitrogen and oxygen atoms in total. The molecule has 0 bridgehead atoms. The minimum absolute atomic E-state index is 0.329. The highest BCUT2D eigenvalue weighted by atomic mass is 16.4. The molecular weight excluding hydrogens is 208 g/mol. The quantitative estimate of drug-likeness (QED) is 0.659. The summed E-state index contributed by atoms with van der Waals surface area (Å²) in [6.45, 7) is 3.14. The van der Waals surface area contributed by atoms with Gasteiger partial charge in [0, 0.05) is 5.69 Å². The van der Waals surface area contributed by atoms with E-state index >= 15 is 0 Å². The lowest BCUT2D eigenvalue weighted by Gasteiger charge is -2.12. The topological polar surface area (TPSA) is 92.4 Å². The molecule has 86 valence electrons. The first-order chi connectivity index (χ1) is 7.43. The van der Waals surface area contributed by atoms with Crippen LogP contribution in [-0.4, -0.2) is 23.0 Å². The van der Waals surface area contributed by atoms with Gasteiger partial charge in [-0.1, -0.05) is 12.1 Å². The number of carbonyl (C=O) groups is 2. The number of rotatable bonds is 3. The Bertz CT molecular complexity index is 409. The first-order valence-electron chi connectivity index (χ1n) is 4.82. The van der Waals surface area contributed by atoms with Crippen molar-refractivity contribution >= 4 is 17.6 Å². The first kappa shape index (κ1) is 12.0. The number of hydrogen-bond acceptors (Lipinski definition) is 3. The van der Waals surface area contributed by atoms with Crippen molar-refractivity contribution in [2.75, 3.05) is 5.73 Å². The van der Waals surface area contributed by atoms with E-state index in [9.17, 15) is 9.59 Å². The van der Waals surface area contributed by atoms with Gasteiger partial charge in [-0.15, -0.1) is 0 Å². The van der Waals surface area contributed by atoms with Crippen molar-refractivity contribution in [2.24, 2.45) is 0 Å². The number of carboxylic acids is 1.